The highest BCUT2D eigenvalue weighted by atomic mass is 79.9. The molecule has 1 aromatic carbocycles. The Balaban J connectivity index is 2.09. The maximum atomic E-state index is 7.64. The first-order valence-electron chi connectivity index (χ1n) is 5.94. The molecule has 2 nitrogen and oxygen atoms in total. The van der Waals surface area contributed by atoms with Crippen LogP contribution in [0, 0.1) is 11.3 Å². The van der Waals surface area contributed by atoms with E-state index in [1.165, 1.54) is 25.7 Å². The fraction of sp³-hybridized carbons (Fsp3) is 0.462. The molecule has 0 amide bonds. The van der Waals surface area contributed by atoms with E-state index >= 15 is 0 Å². The van der Waals surface area contributed by atoms with Gasteiger partial charge in [0.05, 0.1) is 0 Å². The van der Waals surface area contributed by atoms with Gasteiger partial charge >= 0.3 is 0 Å². The van der Waals surface area contributed by atoms with Gasteiger partial charge in [0.2, 0.25) is 0 Å². The van der Waals surface area contributed by atoms with Crippen molar-refractivity contribution in [1.82, 2.24) is 0 Å². The molecule has 1 aliphatic rings. The number of hydrogen-bond donors (Lipinski definition) is 2. The van der Waals surface area contributed by atoms with Gasteiger partial charge in [-0.05, 0) is 46.8 Å². The van der Waals surface area contributed by atoms with Crippen molar-refractivity contribution >= 4 is 33.5 Å². The number of nitrogens with two attached hydrogens (primary N) is 1. The molecule has 1 aromatic rings. The van der Waals surface area contributed by atoms with E-state index in [0.717, 1.165) is 26.6 Å². The number of amidine groups is 1. The van der Waals surface area contributed by atoms with Gasteiger partial charge in [-0.2, -0.15) is 0 Å². The van der Waals surface area contributed by atoms with E-state index < -0.39 is 0 Å². The minimum atomic E-state index is 0.145. The van der Waals surface area contributed by atoms with Gasteiger partial charge in [-0.25, -0.2) is 0 Å². The highest BCUT2D eigenvalue weighted by Gasteiger charge is 2.17. The van der Waals surface area contributed by atoms with Gasteiger partial charge in [0.1, 0.15) is 5.84 Å². The van der Waals surface area contributed by atoms with Crippen LogP contribution in [0.5, 0.6) is 0 Å². The van der Waals surface area contributed by atoms with Crippen LogP contribution in [0.3, 0.4) is 0 Å². The molecule has 2 rings (SSSR count). The highest BCUT2D eigenvalue weighted by molar-refractivity contribution is 9.10. The molecule has 0 heterocycles. The summed E-state index contributed by atoms with van der Waals surface area (Å²) in [4.78, 5) is 1.12. The van der Waals surface area contributed by atoms with Crippen LogP contribution in [0.25, 0.3) is 0 Å². The van der Waals surface area contributed by atoms with E-state index in [9.17, 15) is 0 Å². The first kappa shape index (κ1) is 13.0. The first-order valence-corrected chi connectivity index (χ1v) is 7.72. The van der Waals surface area contributed by atoms with Gasteiger partial charge in [-0.1, -0.05) is 18.9 Å². The molecule has 1 saturated carbocycles. The second-order valence-electron chi connectivity index (χ2n) is 4.49. The summed E-state index contributed by atoms with van der Waals surface area (Å²) < 4.78 is 0.918. The SMILES string of the molecule is N=C(N)c1c(Br)cccc1SCC1CCCC1. The van der Waals surface area contributed by atoms with Gasteiger partial charge in [0, 0.05) is 20.7 Å². The Labute approximate surface area is 115 Å². The largest absolute Gasteiger partial charge is 0.384 e. The number of rotatable bonds is 4. The number of thioether (sulfide) groups is 1. The van der Waals surface area contributed by atoms with Crippen molar-refractivity contribution in [3.8, 4) is 0 Å². The summed E-state index contributed by atoms with van der Waals surface area (Å²) in [6.07, 6.45) is 5.47. The topological polar surface area (TPSA) is 49.9 Å². The molecule has 4 heteroatoms. The minimum Gasteiger partial charge on any atom is -0.384 e. The van der Waals surface area contributed by atoms with Gasteiger partial charge < -0.3 is 5.73 Å². The zero-order chi connectivity index (χ0) is 12.3. The molecular weight excluding hydrogens is 296 g/mol. The number of hydrogen-bond acceptors (Lipinski definition) is 2. The van der Waals surface area contributed by atoms with Crippen LogP contribution in [0.1, 0.15) is 31.2 Å². The van der Waals surface area contributed by atoms with E-state index in [1.807, 2.05) is 23.9 Å². The number of benzene rings is 1. The summed E-state index contributed by atoms with van der Waals surface area (Å²) in [6.45, 7) is 0. The number of nitrogen functional groups attached to an aromatic ring is 1. The summed E-state index contributed by atoms with van der Waals surface area (Å²) in [6, 6.07) is 6.00. The van der Waals surface area contributed by atoms with Crippen molar-refractivity contribution in [3.63, 3.8) is 0 Å². The van der Waals surface area contributed by atoms with Crippen LogP contribution in [-0.2, 0) is 0 Å². The van der Waals surface area contributed by atoms with E-state index in [-0.39, 0.29) is 5.84 Å². The molecule has 0 unspecified atom stereocenters. The third-order valence-electron chi connectivity index (χ3n) is 3.19. The van der Waals surface area contributed by atoms with Gasteiger partial charge in [0.25, 0.3) is 0 Å². The summed E-state index contributed by atoms with van der Waals surface area (Å²) >= 11 is 5.30. The van der Waals surface area contributed by atoms with Crippen LogP contribution in [-0.4, -0.2) is 11.6 Å². The van der Waals surface area contributed by atoms with Crippen LogP contribution in [0.2, 0.25) is 0 Å². The molecule has 17 heavy (non-hydrogen) atoms. The summed E-state index contributed by atoms with van der Waals surface area (Å²) in [5.74, 6) is 2.14. The highest BCUT2D eigenvalue weighted by Crippen LogP contribution is 2.34. The predicted octanol–water partition coefficient (Wildman–Crippen LogP) is 4.02. The second kappa shape index (κ2) is 5.91. The van der Waals surface area contributed by atoms with Gasteiger partial charge in [0.15, 0.2) is 0 Å². The Hall–Kier alpha value is -0.480. The zero-order valence-corrected chi connectivity index (χ0v) is 12.1. The van der Waals surface area contributed by atoms with Crippen molar-refractivity contribution < 1.29 is 0 Å². The number of halogens is 1. The van der Waals surface area contributed by atoms with Crippen molar-refractivity contribution in [3.05, 3.63) is 28.2 Å². The van der Waals surface area contributed by atoms with Crippen molar-refractivity contribution in [2.45, 2.75) is 30.6 Å². The Morgan fingerprint density at radius 1 is 1.41 bits per heavy atom. The standard InChI is InChI=1S/C13H17BrN2S/c14-10-6-3-7-11(12(10)13(15)16)17-8-9-4-1-2-5-9/h3,6-7,9H,1-2,4-5,8H2,(H3,15,16). The Morgan fingerprint density at radius 2 is 2.12 bits per heavy atom. The molecule has 3 N–H and O–H groups in total. The Bertz CT molecular complexity index is 414. The lowest BCUT2D eigenvalue weighted by Gasteiger charge is -2.12. The maximum absolute atomic E-state index is 7.64. The molecule has 0 aliphatic heterocycles. The number of nitrogens with one attached hydrogen (secondary N) is 1. The van der Waals surface area contributed by atoms with E-state index in [1.54, 1.807) is 0 Å². The lowest BCUT2D eigenvalue weighted by Crippen LogP contribution is -2.13. The normalized spacial score (nSPS) is 16.3. The second-order valence-corrected chi connectivity index (χ2v) is 6.40. The summed E-state index contributed by atoms with van der Waals surface area (Å²) in [5, 5.41) is 7.64. The molecule has 1 fully saturated rings. The average Bonchev–Trinajstić information content (AvgIpc) is 2.78. The molecule has 0 atom stereocenters. The smallest absolute Gasteiger partial charge is 0.125 e. The quantitative estimate of drug-likeness (QED) is 0.501. The van der Waals surface area contributed by atoms with Gasteiger partial charge in [-0.15, -0.1) is 11.8 Å². The maximum Gasteiger partial charge on any atom is 0.125 e. The third-order valence-corrected chi connectivity index (χ3v) is 5.14. The predicted molar refractivity (Wildman–Crippen MR) is 77.8 cm³/mol. The molecule has 0 radical (unpaired) electrons. The lowest BCUT2D eigenvalue weighted by molar-refractivity contribution is 0.623. The zero-order valence-electron chi connectivity index (χ0n) is 9.71. The molecule has 92 valence electrons. The fourth-order valence-electron chi connectivity index (χ4n) is 2.27. The van der Waals surface area contributed by atoms with Crippen LogP contribution >= 0.6 is 27.7 Å². The summed E-state index contributed by atoms with van der Waals surface area (Å²) in [5.41, 5.74) is 6.48. The van der Waals surface area contributed by atoms with Gasteiger partial charge in [-0.3, -0.25) is 5.41 Å². The van der Waals surface area contributed by atoms with Crippen molar-refractivity contribution in [1.29, 1.82) is 5.41 Å². The van der Waals surface area contributed by atoms with Crippen LogP contribution in [0.4, 0.5) is 0 Å². The minimum absolute atomic E-state index is 0.145. The molecule has 0 saturated heterocycles. The van der Waals surface area contributed by atoms with Crippen molar-refractivity contribution in [2.24, 2.45) is 11.7 Å². The average molecular weight is 313 g/mol. The molecule has 0 aromatic heterocycles. The fourth-order valence-corrected chi connectivity index (χ4v) is 4.27. The Morgan fingerprint density at radius 3 is 2.76 bits per heavy atom. The monoisotopic (exact) mass is 312 g/mol. The van der Waals surface area contributed by atoms with E-state index in [2.05, 4.69) is 22.0 Å². The lowest BCUT2D eigenvalue weighted by atomic mass is 10.1. The third kappa shape index (κ3) is 3.26. The first-order chi connectivity index (χ1) is 8.18. The van der Waals surface area contributed by atoms with Crippen molar-refractivity contribution in [2.75, 3.05) is 5.75 Å². The molecular formula is C13H17BrN2S. The van der Waals surface area contributed by atoms with Crippen LogP contribution < -0.4 is 5.73 Å². The molecule has 0 bridgehead atoms. The molecule has 0 spiro atoms. The van der Waals surface area contributed by atoms with E-state index in [4.69, 9.17) is 11.1 Å². The summed E-state index contributed by atoms with van der Waals surface area (Å²) in [7, 11) is 0. The molecule has 1 aliphatic carbocycles. The van der Waals surface area contributed by atoms with Crippen LogP contribution in [0.15, 0.2) is 27.6 Å². The van der Waals surface area contributed by atoms with E-state index in [0.29, 0.717) is 0 Å². The Kier molecular flexibility index (Phi) is 4.51.